The Morgan fingerprint density at radius 3 is 2.27 bits per heavy atom. The molecule has 144 valence electrons. The number of nitrogens with one attached hydrogen (secondary N) is 3. The summed E-state index contributed by atoms with van der Waals surface area (Å²) >= 11 is 0. The van der Waals surface area contributed by atoms with Gasteiger partial charge in [-0.3, -0.25) is 10.1 Å². The molecule has 1 aromatic rings. The summed E-state index contributed by atoms with van der Waals surface area (Å²) in [6.45, 7) is 4.20. The molecule has 0 aliphatic carbocycles. The van der Waals surface area contributed by atoms with Crippen LogP contribution in [0.1, 0.15) is 13.8 Å². The highest BCUT2D eigenvalue weighted by molar-refractivity contribution is 7.89. The van der Waals surface area contributed by atoms with Gasteiger partial charge in [-0.25, -0.2) is 13.2 Å². The standard InChI is InChI=1S/C16H24N4O5S/c1-11-9-20(10-12(2)25-11)26(23,24)14-6-4-13(5-7-14)18-8-15(21)19-16(22)17-3/h4-7,11-12,18H,8-10H2,1-3H3,(H2,17,19,21,22). The number of morpholine rings is 1. The highest BCUT2D eigenvalue weighted by Gasteiger charge is 2.32. The molecule has 0 radical (unpaired) electrons. The molecule has 3 N–H and O–H groups in total. The van der Waals surface area contributed by atoms with Gasteiger partial charge in [-0.15, -0.1) is 0 Å². The van der Waals surface area contributed by atoms with Gasteiger partial charge in [0.05, 0.1) is 23.6 Å². The van der Waals surface area contributed by atoms with Gasteiger partial charge in [0.25, 0.3) is 0 Å². The summed E-state index contributed by atoms with van der Waals surface area (Å²) < 4.78 is 32.5. The molecule has 1 aliphatic rings. The molecule has 2 unspecified atom stereocenters. The number of ether oxygens (including phenoxy) is 1. The Hall–Kier alpha value is -2.17. The lowest BCUT2D eigenvalue weighted by Gasteiger charge is -2.34. The number of carbonyl (C=O) groups is 2. The van der Waals surface area contributed by atoms with Crippen LogP contribution < -0.4 is 16.0 Å². The fourth-order valence-electron chi connectivity index (χ4n) is 2.64. The van der Waals surface area contributed by atoms with Crippen LogP contribution in [0.15, 0.2) is 29.2 Å². The second kappa shape index (κ2) is 8.47. The first-order valence-corrected chi connectivity index (χ1v) is 9.67. The predicted molar refractivity (Wildman–Crippen MR) is 96.3 cm³/mol. The lowest BCUT2D eigenvalue weighted by Crippen LogP contribution is -2.48. The molecule has 1 aliphatic heterocycles. The quantitative estimate of drug-likeness (QED) is 0.675. The summed E-state index contributed by atoms with van der Waals surface area (Å²) in [5, 5.41) is 7.22. The maximum atomic E-state index is 12.8. The van der Waals surface area contributed by atoms with E-state index in [4.69, 9.17) is 4.74 Å². The van der Waals surface area contributed by atoms with E-state index in [-0.39, 0.29) is 23.6 Å². The third kappa shape index (κ3) is 5.16. The number of amides is 3. The van der Waals surface area contributed by atoms with Crippen LogP contribution in [0, 0.1) is 0 Å². The van der Waals surface area contributed by atoms with E-state index < -0.39 is 22.0 Å². The second-order valence-corrected chi connectivity index (χ2v) is 8.02. The van der Waals surface area contributed by atoms with Crippen LogP contribution >= 0.6 is 0 Å². The highest BCUT2D eigenvalue weighted by Crippen LogP contribution is 2.22. The van der Waals surface area contributed by atoms with E-state index in [9.17, 15) is 18.0 Å². The molecule has 0 saturated carbocycles. The summed E-state index contributed by atoms with van der Waals surface area (Å²) in [6, 6.07) is 5.53. The number of hydrogen-bond acceptors (Lipinski definition) is 6. The lowest BCUT2D eigenvalue weighted by atomic mass is 10.3. The average molecular weight is 384 g/mol. The van der Waals surface area contributed by atoms with Crippen molar-refractivity contribution >= 4 is 27.6 Å². The first-order valence-electron chi connectivity index (χ1n) is 8.23. The van der Waals surface area contributed by atoms with Crippen molar-refractivity contribution in [1.29, 1.82) is 0 Å². The third-order valence-electron chi connectivity index (χ3n) is 3.81. The predicted octanol–water partition coefficient (Wildman–Crippen LogP) is 0.352. The van der Waals surface area contributed by atoms with E-state index in [1.807, 2.05) is 13.8 Å². The fraction of sp³-hybridized carbons (Fsp3) is 0.500. The second-order valence-electron chi connectivity index (χ2n) is 6.08. The van der Waals surface area contributed by atoms with E-state index in [2.05, 4.69) is 16.0 Å². The molecule has 1 saturated heterocycles. The highest BCUT2D eigenvalue weighted by atomic mass is 32.2. The van der Waals surface area contributed by atoms with E-state index in [1.54, 1.807) is 12.1 Å². The first kappa shape index (κ1) is 20.1. The van der Waals surface area contributed by atoms with E-state index in [0.29, 0.717) is 18.8 Å². The zero-order valence-electron chi connectivity index (χ0n) is 15.0. The Labute approximate surface area is 153 Å². The topological polar surface area (TPSA) is 117 Å². The number of carbonyl (C=O) groups excluding carboxylic acids is 2. The molecule has 2 rings (SSSR count). The molecule has 0 spiro atoms. The number of sulfonamides is 1. The molecule has 10 heteroatoms. The Morgan fingerprint density at radius 1 is 1.15 bits per heavy atom. The van der Waals surface area contributed by atoms with Gasteiger partial charge in [0.2, 0.25) is 15.9 Å². The number of imide groups is 1. The van der Waals surface area contributed by atoms with Gasteiger partial charge < -0.3 is 15.4 Å². The Morgan fingerprint density at radius 2 is 1.73 bits per heavy atom. The van der Waals surface area contributed by atoms with Gasteiger partial charge in [0.1, 0.15) is 0 Å². The van der Waals surface area contributed by atoms with Gasteiger partial charge in [-0.05, 0) is 38.1 Å². The molecule has 0 aromatic heterocycles. The van der Waals surface area contributed by atoms with Crippen LogP contribution in [0.25, 0.3) is 0 Å². The summed E-state index contributed by atoms with van der Waals surface area (Å²) in [4.78, 5) is 22.7. The van der Waals surface area contributed by atoms with Crippen LogP contribution in [0.3, 0.4) is 0 Å². The molecule has 26 heavy (non-hydrogen) atoms. The maximum Gasteiger partial charge on any atom is 0.321 e. The molecule has 1 heterocycles. The number of hydrogen-bond donors (Lipinski definition) is 3. The van der Waals surface area contributed by atoms with Crippen molar-refractivity contribution in [3.8, 4) is 0 Å². The minimum atomic E-state index is -3.60. The van der Waals surface area contributed by atoms with E-state index in [1.165, 1.54) is 23.5 Å². The van der Waals surface area contributed by atoms with Crippen molar-refractivity contribution in [1.82, 2.24) is 14.9 Å². The zero-order chi connectivity index (χ0) is 19.3. The molecule has 2 atom stereocenters. The first-order chi connectivity index (χ1) is 12.2. The Bertz CT molecular complexity index is 740. The molecular weight excluding hydrogens is 360 g/mol. The van der Waals surface area contributed by atoms with Crippen molar-refractivity contribution in [2.24, 2.45) is 0 Å². The van der Waals surface area contributed by atoms with E-state index in [0.717, 1.165) is 0 Å². The van der Waals surface area contributed by atoms with Crippen LogP contribution in [0.4, 0.5) is 10.5 Å². The average Bonchev–Trinajstić information content (AvgIpc) is 2.59. The van der Waals surface area contributed by atoms with Crippen LogP contribution in [0.5, 0.6) is 0 Å². The number of rotatable bonds is 5. The minimum Gasteiger partial charge on any atom is -0.376 e. The molecule has 9 nitrogen and oxygen atoms in total. The number of benzene rings is 1. The molecule has 0 bridgehead atoms. The van der Waals surface area contributed by atoms with Crippen molar-refractivity contribution in [3.63, 3.8) is 0 Å². The van der Waals surface area contributed by atoms with Crippen LogP contribution in [-0.4, -0.2) is 63.6 Å². The van der Waals surface area contributed by atoms with E-state index >= 15 is 0 Å². The largest absolute Gasteiger partial charge is 0.376 e. The summed E-state index contributed by atoms with van der Waals surface area (Å²) in [6.07, 6.45) is -0.318. The minimum absolute atomic E-state index is 0.113. The molecule has 1 fully saturated rings. The van der Waals surface area contributed by atoms with Gasteiger partial charge in [0.15, 0.2) is 0 Å². The van der Waals surface area contributed by atoms with Crippen molar-refractivity contribution in [2.75, 3.05) is 32.0 Å². The zero-order valence-corrected chi connectivity index (χ0v) is 15.8. The number of anilines is 1. The Kier molecular flexibility index (Phi) is 6.57. The summed E-state index contributed by atoms with van der Waals surface area (Å²) in [7, 11) is -2.19. The van der Waals surface area contributed by atoms with Crippen LogP contribution in [-0.2, 0) is 19.6 Å². The summed E-state index contributed by atoms with van der Waals surface area (Å²) in [5.41, 5.74) is 0.569. The van der Waals surface area contributed by atoms with Gasteiger partial charge >= 0.3 is 6.03 Å². The molecular formula is C16H24N4O5S. The fourth-order valence-corrected chi connectivity index (χ4v) is 4.23. The Balaban J connectivity index is 2.00. The smallest absolute Gasteiger partial charge is 0.321 e. The monoisotopic (exact) mass is 384 g/mol. The lowest BCUT2D eigenvalue weighted by molar-refractivity contribution is -0.118. The van der Waals surface area contributed by atoms with Crippen LogP contribution in [0.2, 0.25) is 0 Å². The maximum absolute atomic E-state index is 12.8. The SMILES string of the molecule is CNC(=O)NC(=O)CNc1ccc(S(=O)(=O)N2CC(C)OC(C)C2)cc1. The van der Waals surface area contributed by atoms with Crippen molar-refractivity contribution in [2.45, 2.75) is 31.0 Å². The number of nitrogens with zero attached hydrogens (tertiary/aromatic N) is 1. The summed E-state index contributed by atoms with van der Waals surface area (Å²) in [5.74, 6) is -0.502. The third-order valence-corrected chi connectivity index (χ3v) is 5.66. The van der Waals surface area contributed by atoms with Gasteiger partial charge in [-0.2, -0.15) is 4.31 Å². The normalized spacial score (nSPS) is 21.0. The molecule has 1 aromatic carbocycles. The number of urea groups is 1. The molecule has 3 amide bonds. The van der Waals surface area contributed by atoms with Gasteiger partial charge in [0, 0.05) is 25.8 Å². The van der Waals surface area contributed by atoms with Crippen molar-refractivity contribution in [3.05, 3.63) is 24.3 Å². The van der Waals surface area contributed by atoms with Gasteiger partial charge in [-0.1, -0.05) is 0 Å². The van der Waals surface area contributed by atoms with Crippen molar-refractivity contribution < 1.29 is 22.7 Å².